The van der Waals surface area contributed by atoms with Crippen LogP contribution in [0.25, 0.3) is 37.6 Å². The van der Waals surface area contributed by atoms with Gasteiger partial charge in [0, 0.05) is 11.6 Å². The molecule has 3 aromatic heterocycles. The minimum atomic E-state index is 0.817. The minimum Gasteiger partial charge on any atom is -0.454 e. The van der Waals surface area contributed by atoms with Crippen molar-refractivity contribution >= 4 is 37.5 Å². The highest BCUT2D eigenvalue weighted by Crippen LogP contribution is 2.32. The van der Waals surface area contributed by atoms with Crippen molar-refractivity contribution in [3.05, 3.63) is 60.3 Å². The van der Waals surface area contributed by atoms with Crippen molar-refractivity contribution in [2.75, 3.05) is 0 Å². The van der Waals surface area contributed by atoms with Crippen LogP contribution in [0.4, 0.5) is 0 Å². The van der Waals surface area contributed by atoms with E-state index < -0.39 is 0 Å². The third-order valence-electron chi connectivity index (χ3n) is 3.93. The average molecular weight is 304 g/mol. The average Bonchev–Trinajstić information content (AvgIpc) is 3.17. The summed E-state index contributed by atoms with van der Waals surface area (Å²) in [4.78, 5) is 5.73. The van der Waals surface area contributed by atoms with E-state index in [1.807, 2.05) is 24.3 Å². The lowest BCUT2D eigenvalue weighted by Gasteiger charge is -1.93. The van der Waals surface area contributed by atoms with Crippen molar-refractivity contribution in [3.8, 4) is 11.5 Å². The molecule has 0 aliphatic rings. The van der Waals surface area contributed by atoms with E-state index in [1.54, 1.807) is 11.3 Å². The van der Waals surface area contributed by atoms with Gasteiger partial charge in [-0.3, -0.25) is 4.40 Å². The summed E-state index contributed by atoms with van der Waals surface area (Å²) in [7, 11) is 0. The van der Waals surface area contributed by atoms with Gasteiger partial charge in [0.25, 0.3) is 0 Å². The third-order valence-corrected chi connectivity index (χ3v) is 4.95. The molecule has 0 atom stereocenters. The van der Waals surface area contributed by atoms with Gasteiger partial charge in [-0.05, 0) is 36.8 Å². The zero-order valence-corrected chi connectivity index (χ0v) is 12.7. The Bertz CT molecular complexity index is 1110. The lowest BCUT2D eigenvalue weighted by atomic mass is 10.2. The maximum Gasteiger partial charge on any atom is 0.195 e. The van der Waals surface area contributed by atoms with Gasteiger partial charge in [-0.1, -0.05) is 35.6 Å². The molecule has 5 rings (SSSR count). The van der Waals surface area contributed by atoms with Gasteiger partial charge in [-0.15, -0.1) is 0 Å². The molecular formula is C18H12N2OS. The van der Waals surface area contributed by atoms with E-state index in [9.17, 15) is 0 Å². The van der Waals surface area contributed by atoms with Crippen LogP contribution in [0.5, 0.6) is 0 Å². The number of furan rings is 1. The third kappa shape index (κ3) is 1.64. The van der Waals surface area contributed by atoms with Gasteiger partial charge in [0.05, 0.1) is 10.2 Å². The van der Waals surface area contributed by atoms with Crippen LogP contribution in [-0.2, 0) is 0 Å². The van der Waals surface area contributed by atoms with Crippen LogP contribution in [0.3, 0.4) is 0 Å². The highest BCUT2D eigenvalue weighted by molar-refractivity contribution is 7.23. The number of nitrogens with zero attached hydrogens (tertiary/aromatic N) is 2. The lowest BCUT2D eigenvalue weighted by molar-refractivity contribution is 0.629. The summed E-state index contributed by atoms with van der Waals surface area (Å²) < 4.78 is 9.32. The van der Waals surface area contributed by atoms with Crippen LogP contribution in [0, 0.1) is 6.92 Å². The number of hydrogen-bond acceptors (Lipinski definition) is 3. The number of imidazole rings is 1. The molecule has 0 saturated carbocycles. The molecule has 0 saturated heterocycles. The molecule has 5 aromatic rings. The number of benzene rings is 2. The molecule has 0 aliphatic carbocycles. The number of hydrogen-bond donors (Lipinski definition) is 0. The van der Waals surface area contributed by atoms with Gasteiger partial charge < -0.3 is 4.42 Å². The van der Waals surface area contributed by atoms with Crippen molar-refractivity contribution in [3.63, 3.8) is 0 Å². The topological polar surface area (TPSA) is 30.4 Å². The van der Waals surface area contributed by atoms with Crippen LogP contribution in [0.1, 0.15) is 5.56 Å². The van der Waals surface area contributed by atoms with Crippen LogP contribution in [0.15, 0.2) is 59.1 Å². The molecule has 0 unspecified atom stereocenters. The van der Waals surface area contributed by atoms with Crippen molar-refractivity contribution in [1.29, 1.82) is 0 Å². The number of aromatic nitrogens is 2. The Balaban J connectivity index is 1.74. The summed E-state index contributed by atoms with van der Waals surface area (Å²) in [6.07, 6.45) is 2.06. The molecule has 3 heterocycles. The van der Waals surface area contributed by atoms with Crippen molar-refractivity contribution in [1.82, 2.24) is 9.38 Å². The fourth-order valence-corrected chi connectivity index (χ4v) is 3.94. The second-order valence-electron chi connectivity index (χ2n) is 5.50. The Hall–Kier alpha value is -2.59. The Morgan fingerprint density at radius 3 is 2.91 bits per heavy atom. The van der Waals surface area contributed by atoms with Gasteiger partial charge >= 0.3 is 0 Å². The first-order valence-electron chi connectivity index (χ1n) is 7.15. The summed E-state index contributed by atoms with van der Waals surface area (Å²) in [5.41, 5.74) is 4.24. The molecule has 22 heavy (non-hydrogen) atoms. The van der Waals surface area contributed by atoms with Gasteiger partial charge in [0.2, 0.25) is 0 Å². The normalized spacial score (nSPS) is 11.9. The smallest absolute Gasteiger partial charge is 0.195 e. The Kier molecular flexibility index (Phi) is 2.30. The lowest BCUT2D eigenvalue weighted by Crippen LogP contribution is -1.77. The molecule has 0 amide bonds. The van der Waals surface area contributed by atoms with E-state index in [2.05, 4.69) is 41.8 Å². The van der Waals surface area contributed by atoms with E-state index in [-0.39, 0.29) is 0 Å². The molecular weight excluding hydrogens is 292 g/mol. The van der Waals surface area contributed by atoms with E-state index in [0.717, 1.165) is 27.4 Å². The summed E-state index contributed by atoms with van der Waals surface area (Å²) in [6.45, 7) is 2.11. The first-order valence-corrected chi connectivity index (χ1v) is 7.97. The predicted molar refractivity (Wildman–Crippen MR) is 90.5 cm³/mol. The van der Waals surface area contributed by atoms with Gasteiger partial charge in [0.15, 0.2) is 10.7 Å². The SMILES string of the molecule is Cc1ccc2c(c1)sc1nc(-c3cc4ccccc4o3)cn12. The second kappa shape index (κ2) is 4.21. The standard InChI is InChI=1S/C18H12N2OS/c1-11-6-7-14-17(8-11)22-18-19-13(10-20(14)18)16-9-12-4-2-3-5-15(12)21-16/h2-10H,1H3. The Labute approximate surface area is 130 Å². The number of aryl methyl sites for hydroxylation is 1. The maximum atomic E-state index is 5.91. The van der Waals surface area contributed by atoms with Crippen molar-refractivity contribution < 1.29 is 4.42 Å². The summed E-state index contributed by atoms with van der Waals surface area (Å²) in [6, 6.07) is 16.6. The molecule has 0 spiro atoms. The first-order chi connectivity index (χ1) is 10.8. The Morgan fingerprint density at radius 2 is 2.00 bits per heavy atom. The van der Waals surface area contributed by atoms with Gasteiger partial charge in [0.1, 0.15) is 11.3 Å². The zero-order valence-electron chi connectivity index (χ0n) is 11.9. The number of thiazole rings is 1. The van der Waals surface area contributed by atoms with Crippen LogP contribution in [-0.4, -0.2) is 9.38 Å². The molecule has 0 N–H and O–H groups in total. The van der Waals surface area contributed by atoms with Crippen LogP contribution < -0.4 is 0 Å². The molecule has 0 radical (unpaired) electrons. The van der Waals surface area contributed by atoms with Gasteiger partial charge in [-0.25, -0.2) is 4.98 Å². The van der Waals surface area contributed by atoms with E-state index in [1.165, 1.54) is 15.8 Å². The number of para-hydroxylation sites is 1. The largest absolute Gasteiger partial charge is 0.454 e. The van der Waals surface area contributed by atoms with Crippen molar-refractivity contribution in [2.45, 2.75) is 6.92 Å². The quantitative estimate of drug-likeness (QED) is 0.422. The Morgan fingerprint density at radius 1 is 1.09 bits per heavy atom. The fraction of sp³-hybridized carbons (Fsp3) is 0.0556. The zero-order chi connectivity index (χ0) is 14.7. The molecule has 0 fully saturated rings. The second-order valence-corrected chi connectivity index (χ2v) is 6.51. The number of fused-ring (bicyclic) bond motifs is 4. The van der Waals surface area contributed by atoms with Crippen LogP contribution >= 0.6 is 11.3 Å². The van der Waals surface area contributed by atoms with Gasteiger partial charge in [-0.2, -0.15) is 0 Å². The van der Waals surface area contributed by atoms with E-state index in [4.69, 9.17) is 9.40 Å². The summed E-state index contributed by atoms with van der Waals surface area (Å²) in [5, 5.41) is 1.11. The molecule has 4 heteroatoms. The van der Waals surface area contributed by atoms with E-state index in [0.29, 0.717) is 0 Å². The molecule has 3 nitrogen and oxygen atoms in total. The predicted octanol–water partition coefficient (Wildman–Crippen LogP) is 5.27. The molecule has 106 valence electrons. The molecule has 2 aromatic carbocycles. The van der Waals surface area contributed by atoms with E-state index >= 15 is 0 Å². The first kappa shape index (κ1) is 12.0. The summed E-state index contributed by atoms with van der Waals surface area (Å²) in [5.74, 6) is 0.817. The molecule has 0 aliphatic heterocycles. The minimum absolute atomic E-state index is 0.817. The maximum absolute atomic E-state index is 5.91. The van der Waals surface area contributed by atoms with Crippen molar-refractivity contribution in [2.24, 2.45) is 0 Å². The highest BCUT2D eigenvalue weighted by Gasteiger charge is 2.13. The fourth-order valence-electron chi connectivity index (χ4n) is 2.84. The number of rotatable bonds is 1. The summed E-state index contributed by atoms with van der Waals surface area (Å²) >= 11 is 1.71. The molecule has 0 bridgehead atoms. The highest BCUT2D eigenvalue weighted by atomic mass is 32.1. The van der Waals surface area contributed by atoms with Crippen LogP contribution in [0.2, 0.25) is 0 Å². The monoisotopic (exact) mass is 304 g/mol.